The van der Waals surface area contributed by atoms with Gasteiger partial charge in [0.1, 0.15) is 6.61 Å². The van der Waals surface area contributed by atoms with Gasteiger partial charge in [0, 0.05) is 11.4 Å². The number of rotatable bonds is 5. The van der Waals surface area contributed by atoms with Crippen LogP contribution in [0.2, 0.25) is 0 Å². The van der Waals surface area contributed by atoms with Gasteiger partial charge in [-0.05, 0) is 25.0 Å². The Morgan fingerprint density at radius 1 is 1.47 bits per heavy atom. The number of fused-ring (bicyclic) bond motifs is 1. The Morgan fingerprint density at radius 2 is 2.21 bits per heavy atom. The molecule has 0 radical (unpaired) electrons. The van der Waals surface area contributed by atoms with Gasteiger partial charge in [-0.15, -0.1) is 0 Å². The third-order valence-electron chi connectivity index (χ3n) is 3.10. The van der Waals surface area contributed by atoms with Gasteiger partial charge in [0.05, 0.1) is 0 Å². The molecule has 2 rings (SSSR count). The largest absolute Gasteiger partial charge is 0.485 e. The molecule has 0 saturated heterocycles. The van der Waals surface area contributed by atoms with Gasteiger partial charge in [-0.25, -0.2) is 0 Å². The second-order valence-electron chi connectivity index (χ2n) is 4.46. The van der Waals surface area contributed by atoms with E-state index in [1.165, 1.54) is 0 Å². The number of nitrogens with one attached hydrogen (secondary N) is 1. The predicted molar refractivity (Wildman–Crippen MR) is 77.0 cm³/mol. The molecule has 0 fully saturated rings. The molecule has 4 nitrogen and oxygen atoms in total. The highest BCUT2D eigenvalue weighted by atomic mass is 79.9. The highest BCUT2D eigenvalue weighted by molar-refractivity contribution is 9.09. The number of amides is 1. The van der Waals surface area contributed by atoms with Gasteiger partial charge in [0.15, 0.2) is 11.5 Å². The molecular weight excluding hydrogens is 310 g/mol. The van der Waals surface area contributed by atoms with Gasteiger partial charge in [0.25, 0.3) is 5.91 Å². The minimum absolute atomic E-state index is 0.109. The molecule has 1 aliphatic heterocycles. The number of hydrogen-bond acceptors (Lipinski definition) is 3. The van der Waals surface area contributed by atoms with Crippen LogP contribution in [-0.2, 0) is 4.79 Å². The first-order chi connectivity index (χ1) is 9.24. The minimum Gasteiger partial charge on any atom is -0.485 e. The maximum Gasteiger partial charge on any atom is 0.264 e. The Kier molecular flexibility index (Phi) is 5.07. The maximum atomic E-state index is 12.1. The third kappa shape index (κ3) is 3.62. The van der Waals surface area contributed by atoms with E-state index in [-0.39, 0.29) is 18.6 Å². The van der Waals surface area contributed by atoms with Gasteiger partial charge in [-0.3, -0.25) is 4.79 Å². The van der Waals surface area contributed by atoms with E-state index in [1.807, 2.05) is 24.3 Å². The minimum atomic E-state index is -0.570. The fraction of sp³-hybridized carbons (Fsp3) is 0.500. The third-order valence-corrected chi connectivity index (χ3v) is 3.56. The molecule has 0 saturated carbocycles. The molecule has 1 heterocycles. The summed E-state index contributed by atoms with van der Waals surface area (Å²) in [6.07, 6.45) is 1.24. The second kappa shape index (κ2) is 6.80. The zero-order valence-electron chi connectivity index (χ0n) is 10.9. The van der Waals surface area contributed by atoms with Crippen LogP contribution in [0.5, 0.6) is 11.5 Å². The van der Waals surface area contributed by atoms with E-state index in [2.05, 4.69) is 28.2 Å². The number of halogens is 1. The van der Waals surface area contributed by atoms with Crippen molar-refractivity contribution in [1.29, 1.82) is 0 Å². The average molecular weight is 328 g/mol. The van der Waals surface area contributed by atoms with Crippen molar-refractivity contribution in [3.8, 4) is 11.5 Å². The van der Waals surface area contributed by atoms with Gasteiger partial charge in [-0.2, -0.15) is 0 Å². The SMILES string of the molecule is CCC(CCBr)NC(=O)C1COc2ccccc2O1. The highest BCUT2D eigenvalue weighted by Gasteiger charge is 2.28. The van der Waals surface area contributed by atoms with Crippen molar-refractivity contribution in [2.75, 3.05) is 11.9 Å². The number of alkyl halides is 1. The zero-order chi connectivity index (χ0) is 13.7. The number of ether oxygens (including phenoxy) is 2. The van der Waals surface area contributed by atoms with Crippen LogP contribution in [0.15, 0.2) is 24.3 Å². The lowest BCUT2D eigenvalue weighted by Crippen LogP contribution is -2.47. The van der Waals surface area contributed by atoms with Crippen molar-refractivity contribution >= 4 is 21.8 Å². The van der Waals surface area contributed by atoms with Crippen molar-refractivity contribution < 1.29 is 14.3 Å². The lowest BCUT2D eigenvalue weighted by Gasteiger charge is -2.27. The number of carbonyl (C=O) groups is 1. The van der Waals surface area contributed by atoms with Crippen LogP contribution < -0.4 is 14.8 Å². The number of para-hydroxylation sites is 2. The molecule has 1 N–H and O–H groups in total. The summed E-state index contributed by atoms with van der Waals surface area (Å²) in [5, 5.41) is 3.87. The van der Waals surface area contributed by atoms with Crippen molar-refractivity contribution in [2.24, 2.45) is 0 Å². The summed E-state index contributed by atoms with van der Waals surface area (Å²) < 4.78 is 11.2. The molecule has 0 aliphatic carbocycles. The Morgan fingerprint density at radius 3 is 2.89 bits per heavy atom. The molecule has 0 bridgehead atoms. The lowest BCUT2D eigenvalue weighted by atomic mass is 10.1. The predicted octanol–water partition coefficient (Wildman–Crippen LogP) is 2.51. The van der Waals surface area contributed by atoms with E-state index in [0.29, 0.717) is 11.5 Å². The molecule has 5 heteroatoms. The van der Waals surface area contributed by atoms with E-state index in [1.54, 1.807) is 0 Å². The first kappa shape index (κ1) is 14.2. The zero-order valence-corrected chi connectivity index (χ0v) is 12.5. The van der Waals surface area contributed by atoms with Crippen LogP contribution in [0.3, 0.4) is 0 Å². The monoisotopic (exact) mass is 327 g/mol. The Hall–Kier alpha value is -1.23. The smallest absolute Gasteiger partial charge is 0.264 e. The molecule has 0 aromatic heterocycles. The van der Waals surface area contributed by atoms with Gasteiger partial charge >= 0.3 is 0 Å². The van der Waals surface area contributed by atoms with Crippen molar-refractivity contribution in [3.63, 3.8) is 0 Å². The molecule has 104 valence electrons. The standard InChI is InChI=1S/C14H18BrNO3/c1-2-10(7-8-15)16-14(17)13-9-18-11-5-3-4-6-12(11)19-13/h3-6,10,13H,2,7-9H2,1H3,(H,16,17). The highest BCUT2D eigenvalue weighted by Crippen LogP contribution is 2.30. The lowest BCUT2D eigenvalue weighted by molar-refractivity contribution is -0.131. The topological polar surface area (TPSA) is 47.6 Å². The van der Waals surface area contributed by atoms with E-state index >= 15 is 0 Å². The van der Waals surface area contributed by atoms with E-state index in [0.717, 1.165) is 18.2 Å². The Balaban J connectivity index is 1.95. The molecule has 1 aromatic carbocycles. The molecule has 19 heavy (non-hydrogen) atoms. The second-order valence-corrected chi connectivity index (χ2v) is 5.25. The summed E-state index contributed by atoms with van der Waals surface area (Å²) in [6.45, 7) is 2.31. The molecule has 2 unspecified atom stereocenters. The van der Waals surface area contributed by atoms with Crippen LogP contribution in [0.1, 0.15) is 19.8 Å². The summed E-state index contributed by atoms with van der Waals surface area (Å²) in [7, 11) is 0. The quantitative estimate of drug-likeness (QED) is 0.845. The first-order valence-corrected chi connectivity index (χ1v) is 7.61. The van der Waals surface area contributed by atoms with Crippen molar-refractivity contribution in [1.82, 2.24) is 5.32 Å². The molecule has 1 amide bonds. The van der Waals surface area contributed by atoms with Crippen LogP contribution in [0, 0.1) is 0 Å². The summed E-state index contributed by atoms with van der Waals surface area (Å²) >= 11 is 3.39. The maximum absolute atomic E-state index is 12.1. The Bertz CT molecular complexity index is 438. The van der Waals surface area contributed by atoms with E-state index in [4.69, 9.17) is 9.47 Å². The van der Waals surface area contributed by atoms with Crippen molar-refractivity contribution in [2.45, 2.75) is 31.9 Å². The van der Waals surface area contributed by atoms with E-state index < -0.39 is 6.10 Å². The molecule has 2 atom stereocenters. The van der Waals surface area contributed by atoms with Gasteiger partial charge < -0.3 is 14.8 Å². The van der Waals surface area contributed by atoms with Crippen LogP contribution in [0.25, 0.3) is 0 Å². The summed E-state index contributed by atoms with van der Waals surface area (Å²) in [4.78, 5) is 12.1. The molecular formula is C14H18BrNO3. The summed E-state index contributed by atoms with van der Waals surface area (Å²) in [5.41, 5.74) is 0. The average Bonchev–Trinajstić information content (AvgIpc) is 2.46. The van der Waals surface area contributed by atoms with Gasteiger partial charge in [0.2, 0.25) is 6.10 Å². The van der Waals surface area contributed by atoms with Gasteiger partial charge in [-0.1, -0.05) is 35.0 Å². The Labute approximate surface area is 121 Å². The normalized spacial score (nSPS) is 18.7. The molecule has 1 aliphatic rings. The van der Waals surface area contributed by atoms with Crippen LogP contribution in [0.4, 0.5) is 0 Å². The number of hydrogen-bond donors (Lipinski definition) is 1. The van der Waals surface area contributed by atoms with Crippen LogP contribution >= 0.6 is 15.9 Å². The fourth-order valence-electron chi connectivity index (χ4n) is 1.95. The molecule has 1 aromatic rings. The fourth-order valence-corrected chi connectivity index (χ4v) is 2.51. The number of benzene rings is 1. The molecule has 0 spiro atoms. The summed E-state index contributed by atoms with van der Waals surface area (Å²) in [6, 6.07) is 7.56. The van der Waals surface area contributed by atoms with E-state index in [9.17, 15) is 4.79 Å². The first-order valence-electron chi connectivity index (χ1n) is 6.49. The van der Waals surface area contributed by atoms with Crippen molar-refractivity contribution in [3.05, 3.63) is 24.3 Å². The number of carbonyl (C=O) groups excluding carboxylic acids is 1. The summed E-state index contributed by atoms with van der Waals surface area (Å²) in [5.74, 6) is 1.21. The van der Waals surface area contributed by atoms with Crippen LogP contribution in [-0.4, -0.2) is 30.0 Å².